The van der Waals surface area contributed by atoms with E-state index in [2.05, 4.69) is 0 Å². The van der Waals surface area contributed by atoms with Gasteiger partial charge in [-0.15, -0.1) is 0 Å². The predicted molar refractivity (Wildman–Crippen MR) is 52.0 cm³/mol. The van der Waals surface area contributed by atoms with E-state index in [9.17, 15) is 22.8 Å². The number of esters is 1. The normalized spacial score (nSPS) is 20.8. The predicted octanol–water partition coefficient (Wildman–Crippen LogP) is 1.49. The standard InChI is InChI=1S/C10H14F3NO3/c1-6(2)17-8(15)7-4-3-5-14(7)9(16)10(11,12)13/h6-7H,3-5H2,1-2H3/t7-/m0/s1. The lowest BCUT2D eigenvalue weighted by molar-refractivity contribution is -0.188. The highest BCUT2D eigenvalue weighted by atomic mass is 19.4. The Balaban J connectivity index is 2.73. The number of hydrogen-bond donors (Lipinski definition) is 0. The third-order valence-corrected chi connectivity index (χ3v) is 2.38. The molecule has 0 N–H and O–H groups in total. The van der Waals surface area contributed by atoms with E-state index in [0.29, 0.717) is 11.3 Å². The summed E-state index contributed by atoms with van der Waals surface area (Å²) in [7, 11) is 0. The van der Waals surface area contributed by atoms with Crippen molar-refractivity contribution in [3.05, 3.63) is 0 Å². The monoisotopic (exact) mass is 253 g/mol. The zero-order valence-electron chi connectivity index (χ0n) is 9.58. The minimum Gasteiger partial charge on any atom is -0.461 e. The van der Waals surface area contributed by atoms with Gasteiger partial charge in [0.2, 0.25) is 0 Å². The van der Waals surface area contributed by atoms with Gasteiger partial charge in [0.05, 0.1) is 6.10 Å². The summed E-state index contributed by atoms with van der Waals surface area (Å²) in [6.45, 7) is 3.14. The van der Waals surface area contributed by atoms with E-state index in [1.807, 2.05) is 0 Å². The van der Waals surface area contributed by atoms with Gasteiger partial charge >= 0.3 is 18.1 Å². The fourth-order valence-corrected chi connectivity index (χ4v) is 1.73. The number of ether oxygens (including phenoxy) is 1. The van der Waals surface area contributed by atoms with Crippen LogP contribution in [0.5, 0.6) is 0 Å². The number of rotatable bonds is 2. The van der Waals surface area contributed by atoms with Crippen LogP contribution in [0.4, 0.5) is 13.2 Å². The van der Waals surface area contributed by atoms with Crippen LogP contribution in [-0.2, 0) is 14.3 Å². The molecular weight excluding hydrogens is 239 g/mol. The summed E-state index contributed by atoms with van der Waals surface area (Å²) < 4.78 is 41.6. The maximum atomic E-state index is 12.3. The first kappa shape index (κ1) is 13.8. The number of carbonyl (C=O) groups excluding carboxylic acids is 2. The summed E-state index contributed by atoms with van der Waals surface area (Å²) in [4.78, 5) is 23.1. The SMILES string of the molecule is CC(C)OC(=O)[C@@H]1CCCN1C(=O)C(F)(F)F. The smallest absolute Gasteiger partial charge is 0.461 e. The minimum absolute atomic E-state index is 0.0593. The molecule has 1 aliphatic heterocycles. The van der Waals surface area contributed by atoms with Crippen LogP contribution < -0.4 is 0 Å². The van der Waals surface area contributed by atoms with Crippen LogP contribution in [0.1, 0.15) is 26.7 Å². The Labute approximate surface area is 96.7 Å². The van der Waals surface area contributed by atoms with Gasteiger partial charge in [-0.1, -0.05) is 0 Å². The molecule has 1 aliphatic rings. The molecule has 1 fully saturated rings. The number of nitrogens with zero attached hydrogens (tertiary/aromatic N) is 1. The fraction of sp³-hybridized carbons (Fsp3) is 0.800. The molecule has 1 atom stereocenters. The van der Waals surface area contributed by atoms with E-state index in [4.69, 9.17) is 4.74 Å². The van der Waals surface area contributed by atoms with Gasteiger partial charge in [-0.3, -0.25) is 4.79 Å². The maximum absolute atomic E-state index is 12.3. The molecule has 17 heavy (non-hydrogen) atoms. The zero-order chi connectivity index (χ0) is 13.2. The van der Waals surface area contributed by atoms with Gasteiger partial charge < -0.3 is 9.64 Å². The average Bonchev–Trinajstić information content (AvgIpc) is 2.61. The first-order valence-electron chi connectivity index (χ1n) is 5.31. The Bertz CT molecular complexity index is 314. The molecule has 1 rings (SSSR count). The van der Waals surface area contributed by atoms with Gasteiger partial charge in [0.15, 0.2) is 0 Å². The third kappa shape index (κ3) is 3.34. The van der Waals surface area contributed by atoms with Crippen molar-refractivity contribution in [3.63, 3.8) is 0 Å². The molecule has 1 heterocycles. The van der Waals surface area contributed by atoms with Gasteiger partial charge in [0.25, 0.3) is 0 Å². The summed E-state index contributed by atoms with van der Waals surface area (Å²) in [5.74, 6) is -2.74. The highest BCUT2D eigenvalue weighted by Gasteiger charge is 2.48. The number of likely N-dealkylation sites (tertiary alicyclic amines) is 1. The fourth-order valence-electron chi connectivity index (χ4n) is 1.73. The van der Waals surface area contributed by atoms with Crippen LogP contribution in [0.2, 0.25) is 0 Å². The topological polar surface area (TPSA) is 46.6 Å². The molecule has 0 saturated carbocycles. The van der Waals surface area contributed by atoms with Crippen molar-refractivity contribution in [2.24, 2.45) is 0 Å². The van der Waals surface area contributed by atoms with E-state index < -0.39 is 30.2 Å². The van der Waals surface area contributed by atoms with Crippen molar-refractivity contribution in [2.45, 2.75) is 45.0 Å². The highest BCUT2D eigenvalue weighted by molar-refractivity contribution is 5.88. The molecule has 0 radical (unpaired) electrons. The molecule has 0 bridgehead atoms. The largest absolute Gasteiger partial charge is 0.471 e. The van der Waals surface area contributed by atoms with Gasteiger partial charge in [-0.25, -0.2) is 4.79 Å². The van der Waals surface area contributed by atoms with Crippen molar-refractivity contribution in [1.29, 1.82) is 0 Å². The first-order chi connectivity index (χ1) is 7.73. The molecule has 0 aromatic carbocycles. The lowest BCUT2D eigenvalue weighted by Crippen LogP contribution is -2.47. The van der Waals surface area contributed by atoms with Gasteiger partial charge in [0, 0.05) is 6.54 Å². The van der Waals surface area contributed by atoms with Crippen molar-refractivity contribution >= 4 is 11.9 Å². The molecule has 0 spiro atoms. The molecule has 98 valence electrons. The number of hydrogen-bond acceptors (Lipinski definition) is 3. The molecule has 1 amide bonds. The van der Waals surface area contributed by atoms with Gasteiger partial charge in [0.1, 0.15) is 6.04 Å². The minimum atomic E-state index is -4.94. The maximum Gasteiger partial charge on any atom is 0.471 e. The second-order valence-corrected chi connectivity index (χ2v) is 4.14. The quantitative estimate of drug-likeness (QED) is 0.700. The second-order valence-electron chi connectivity index (χ2n) is 4.14. The van der Waals surface area contributed by atoms with Crippen molar-refractivity contribution < 1.29 is 27.5 Å². The van der Waals surface area contributed by atoms with Gasteiger partial charge in [-0.2, -0.15) is 13.2 Å². The molecule has 0 aromatic heterocycles. The molecule has 0 aromatic rings. The Kier molecular flexibility index (Phi) is 4.00. The third-order valence-electron chi connectivity index (χ3n) is 2.38. The van der Waals surface area contributed by atoms with Crippen LogP contribution in [0.25, 0.3) is 0 Å². The molecule has 7 heteroatoms. The summed E-state index contributed by atoms with van der Waals surface area (Å²) in [6, 6.07) is -1.11. The molecular formula is C10H14F3NO3. The van der Waals surface area contributed by atoms with Crippen molar-refractivity contribution in [3.8, 4) is 0 Å². The molecule has 0 aliphatic carbocycles. The van der Waals surface area contributed by atoms with E-state index in [1.165, 1.54) is 0 Å². The zero-order valence-corrected chi connectivity index (χ0v) is 9.58. The number of alkyl halides is 3. The molecule has 4 nitrogen and oxygen atoms in total. The van der Waals surface area contributed by atoms with Crippen LogP contribution in [0, 0.1) is 0 Å². The number of amides is 1. The molecule has 1 saturated heterocycles. The second kappa shape index (κ2) is 4.93. The lowest BCUT2D eigenvalue weighted by atomic mass is 10.2. The Morgan fingerprint density at radius 2 is 1.94 bits per heavy atom. The number of halogens is 3. The average molecular weight is 253 g/mol. The van der Waals surface area contributed by atoms with Crippen molar-refractivity contribution in [2.75, 3.05) is 6.54 Å². The summed E-state index contributed by atoms with van der Waals surface area (Å²) in [5, 5.41) is 0. The molecule has 0 unspecified atom stereocenters. The summed E-state index contributed by atoms with van der Waals surface area (Å²) in [6.07, 6.45) is -4.76. The summed E-state index contributed by atoms with van der Waals surface area (Å²) in [5.41, 5.74) is 0. The van der Waals surface area contributed by atoms with Crippen LogP contribution >= 0.6 is 0 Å². The Morgan fingerprint density at radius 1 is 1.35 bits per heavy atom. The van der Waals surface area contributed by atoms with Crippen LogP contribution in [0.3, 0.4) is 0 Å². The lowest BCUT2D eigenvalue weighted by Gasteiger charge is -2.24. The van der Waals surface area contributed by atoms with E-state index >= 15 is 0 Å². The summed E-state index contributed by atoms with van der Waals surface area (Å²) >= 11 is 0. The Hall–Kier alpha value is -1.27. The highest BCUT2D eigenvalue weighted by Crippen LogP contribution is 2.26. The van der Waals surface area contributed by atoms with Crippen LogP contribution in [0.15, 0.2) is 0 Å². The van der Waals surface area contributed by atoms with Crippen LogP contribution in [-0.4, -0.2) is 41.6 Å². The van der Waals surface area contributed by atoms with E-state index in [1.54, 1.807) is 13.8 Å². The van der Waals surface area contributed by atoms with Crippen molar-refractivity contribution in [1.82, 2.24) is 4.90 Å². The van der Waals surface area contributed by atoms with E-state index in [-0.39, 0.29) is 13.0 Å². The van der Waals surface area contributed by atoms with Gasteiger partial charge in [-0.05, 0) is 26.7 Å². The van der Waals surface area contributed by atoms with E-state index in [0.717, 1.165) is 0 Å². The Morgan fingerprint density at radius 3 is 2.41 bits per heavy atom. The number of carbonyl (C=O) groups is 2. The first-order valence-corrected chi connectivity index (χ1v) is 5.31.